The highest BCUT2D eigenvalue weighted by atomic mass is 16.6. The molecular weight excluding hydrogens is 492 g/mol. The first kappa shape index (κ1) is 28.4. The van der Waals surface area contributed by atoms with E-state index in [0.717, 1.165) is 12.0 Å². The number of carbonyl (C=O) groups excluding carboxylic acids is 3. The maximum absolute atomic E-state index is 13.3. The molecule has 0 unspecified atom stereocenters. The molecule has 1 atom stereocenters. The van der Waals surface area contributed by atoms with E-state index in [1.54, 1.807) is 13.0 Å². The predicted octanol–water partition coefficient (Wildman–Crippen LogP) is 2.80. The van der Waals surface area contributed by atoms with Crippen LogP contribution in [0.5, 0.6) is 5.75 Å². The highest BCUT2D eigenvalue weighted by Crippen LogP contribution is 2.24. The van der Waals surface area contributed by atoms with E-state index < -0.39 is 29.9 Å². The van der Waals surface area contributed by atoms with Crippen LogP contribution in [-0.2, 0) is 14.3 Å². The number of carboxylic acids is 1. The van der Waals surface area contributed by atoms with Crippen molar-refractivity contribution in [3.63, 3.8) is 0 Å². The molecule has 1 aromatic heterocycles. The minimum Gasteiger partial charge on any atom is -0.493 e. The summed E-state index contributed by atoms with van der Waals surface area (Å²) in [5.41, 5.74) is 1.38. The van der Waals surface area contributed by atoms with Crippen molar-refractivity contribution in [2.75, 3.05) is 39.4 Å². The third-order valence-corrected chi connectivity index (χ3v) is 5.94. The Morgan fingerprint density at radius 2 is 1.71 bits per heavy atom. The molecule has 11 heteroatoms. The average Bonchev–Trinajstić information content (AvgIpc) is 2.94. The highest BCUT2D eigenvalue weighted by Gasteiger charge is 2.31. The number of aromatic nitrogens is 1. The van der Waals surface area contributed by atoms with Gasteiger partial charge in [-0.1, -0.05) is 37.3 Å². The number of rotatable bonds is 11. The molecule has 1 aliphatic heterocycles. The number of carboxylic acid groups (broad SMARTS) is 1. The third kappa shape index (κ3) is 7.92. The molecule has 1 aromatic carbocycles. The molecule has 11 nitrogen and oxygen atoms in total. The Labute approximate surface area is 221 Å². The summed E-state index contributed by atoms with van der Waals surface area (Å²) < 4.78 is 10.8. The molecule has 1 saturated heterocycles. The van der Waals surface area contributed by atoms with E-state index in [9.17, 15) is 24.3 Å². The number of ether oxygens (including phenoxy) is 2. The number of pyridine rings is 1. The zero-order chi connectivity index (χ0) is 27.5. The van der Waals surface area contributed by atoms with E-state index in [-0.39, 0.29) is 51.3 Å². The van der Waals surface area contributed by atoms with Crippen molar-refractivity contribution in [2.24, 2.45) is 0 Å². The number of piperazine rings is 1. The second kappa shape index (κ2) is 14.0. The molecule has 0 bridgehead atoms. The van der Waals surface area contributed by atoms with Crippen molar-refractivity contribution in [2.45, 2.75) is 39.2 Å². The lowest BCUT2D eigenvalue weighted by Gasteiger charge is -2.35. The Kier molecular flexibility index (Phi) is 10.4. The standard InChI is InChI=1S/C27H34N4O7/c1-3-16-38-20-17-22(19-8-6-5-7-9-19)28-23(18-20)25(34)29-21(10-11-24(32)33)26(35)30-12-14-31(15-13-30)27(36)37-4-2/h5-9,17-18,21H,3-4,10-16H2,1-2H3,(H,29,34)(H,32,33)/t21-/m0/s1. The minimum absolute atomic E-state index is 0.0534. The summed E-state index contributed by atoms with van der Waals surface area (Å²) in [4.78, 5) is 57.4. The van der Waals surface area contributed by atoms with Gasteiger partial charge in [0, 0.05) is 50.3 Å². The number of benzene rings is 1. The number of aliphatic carboxylic acids is 1. The molecule has 2 aromatic rings. The molecule has 38 heavy (non-hydrogen) atoms. The Morgan fingerprint density at radius 1 is 1.03 bits per heavy atom. The smallest absolute Gasteiger partial charge is 0.409 e. The van der Waals surface area contributed by atoms with Gasteiger partial charge in [0.2, 0.25) is 5.91 Å². The highest BCUT2D eigenvalue weighted by molar-refractivity contribution is 5.97. The molecule has 3 rings (SSSR count). The lowest BCUT2D eigenvalue weighted by molar-refractivity contribution is -0.138. The average molecular weight is 527 g/mol. The van der Waals surface area contributed by atoms with Crippen LogP contribution in [0.15, 0.2) is 42.5 Å². The van der Waals surface area contributed by atoms with Gasteiger partial charge in [0.25, 0.3) is 5.91 Å². The Hall–Kier alpha value is -4.15. The molecule has 0 saturated carbocycles. The van der Waals surface area contributed by atoms with Gasteiger partial charge in [-0.15, -0.1) is 0 Å². The molecule has 1 aliphatic rings. The minimum atomic E-state index is -1.08. The first-order chi connectivity index (χ1) is 18.3. The van der Waals surface area contributed by atoms with Crippen LogP contribution < -0.4 is 10.1 Å². The number of hydrogen-bond donors (Lipinski definition) is 2. The van der Waals surface area contributed by atoms with E-state index in [0.29, 0.717) is 18.1 Å². The van der Waals surface area contributed by atoms with Crippen molar-refractivity contribution < 1.29 is 33.8 Å². The topological polar surface area (TPSA) is 138 Å². The van der Waals surface area contributed by atoms with E-state index >= 15 is 0 Å². The van der Waals surface area contributed by atoms with Crippen LogP contribution in [0.4, 0.5) is 4.79 Å². The maximum atomic E-state index is 13.3. The van der Waals surface area contributed by atoms with Gasteiger partial charge in [-0.2, -0.15) is 0 Å². The van der Waals surface area contributed by atoms with Crippen LogP contribution in [0.1, 0.15) is 43.6 Å². The summed E-state index contributed by atoms with van der Waals surface area (Å²) in [6.45, 7) is 5.45. The first-order valence-corrected chi connectivity index (χ1v) is 12.8. The van der Waals surface area contributed by atoms with Crippen molar-refractivity contribution in [1.82, 2.24) is 20.1 Å². The Bertz CT molecular complexity index is 1120. The van der Waals surface area contributed by atoms with Crippen molar-refractivity contribution in [1.29, 1.82) is 0 Å². The van der Waals surface area contributed by atoms with Gasteiger partial charge in [0.1, 0.15) is 17.5 Å². The lowest BCUT2D eigenvalue weighted by Crippen LogP contribution is -2.56. The predicted molar refractivity (Wildman–Crippen MR) is 139 cm³/mol. The normalized spacial score (nSPS) is 13.9. The molecule has 0 radical (unpaired) electrons. The molecule has 0 aliphatic carbocycles. The van der Waals surface area contributed by atoms with Crippen LogP contribution in [0.2, 0.25) is 0 Å². The van der Waals surface area contributed by atoms with E-state index in [1.807, 2.05) is 37.3 Å². The zero-order valence-electron chi connectivity index (χ0n) is 21.7. The van der Waals surface area contributed by atoms with Crippen LogP contribution in [-0.4, -0.2) is 89.2 Å². The van der Waals surface area contributed by atoms with Crippen LogP contribution >= 0.6 is 0 Å². The van der Waals surface area contributed by atoms with Crippen LogP contribution in [0.25, 0.3) is 11.3 Å². The summed E-state index contributed by atoms with van der Waals surface area (Å²) in [6, 6.07) is 11.5. The molecule has 1 fully saturated rings. The molecule has 2 heterocycles. The number of carbonyl (C=O) groups is 4. The largest absolute Gasteiger partial charge is 0.493 e. The van der Waals surface area contributed by atoms with Crippen molar-refractivity contribution in [3.05, 3.63) is 48.2 Å². The number of hydrogen-bond acceptors (Lipinski definition) is 7. The molecular formula is C27H34N4O7. The van der Waals surface area contributed by atoms with Crippen LogP contribution in [0, 0.1) is 0 Å². The second-order valence-corrected chi connectivity index (χ2v) is 8.76. The number of nitrogens with one attached hydrogen (secondary N) is 1. The van der Waals surface area contributed by atoms with Gasteiger partial charge in [0.05, 0.1) is 18.9 Å². The van der Waals surface area contributed by atoms with E-state index in [2.05, 4.69) is 10.3 Å². The van der Waals surface area contributed by atoms with Gasteiger partial charge in [0.15, 0.2) is 0 Å². The molecule has 2 N–H and O–H groups in total. The Balaban J connectivity index is 1.78. The zero-order valence-corrected chi connectivity index (χ0v) is 21.7. The number of amides is 3. The van der Waals surface area contributed by atoms with Gasteiger partial charge < -0.3 is 29.7 Å². The van der Waals surface area contributed by atoms with Crippen LogP contribution in [0.3, 0.4) is 0 Å². The summed E-state index contributed by atoms with van der Waals surface area (Å²) >= 11 is 0. The molecule has 204 valence electrons. The Morgan fingerprint density at radius 3 is 2.34 bits per heavy atom. The fourth-order valence-electron chi connectivity index (χ4n) is 3.98. The SMILES string of the molecule is CCCOc1cc(C(=O)N[C@@H](CCC(=O)O)C(=O)N2CCN(C(=O)OCC)CC2)nc(-c2ccccc2)c1. The maximum Gasteiger partial charge on any atom is 0.409 e. The fourth-order valence-corrected chi connectivity index (χ4v) is 3.98. The molecule has 0 spiro atoms. The first-order valence-electron chi connectivity index (χ1n) is 12.8. The fraction of sp³-hybridized carbons (Fsp3) is 0.444. The summed E-state index contributed by atoms with van der Waals surface area (Å²) in [7, 11) is 0. The van der Waals surface area contributed by atoms with Crippen molar-refractivity contribution >= 4 is 23.9 Å². The van der Waals surface area contributed by atoms with Gasteiger partial charge in [-0.3, -0.25) is 14.4 Å². The second-order valence-electron chi connectivity index (χ2n) is 8.76. The van der Waals surface area contributed by atoms with Gasteiger partial charge >= 0.3 is 12.1 Å². The summed E-state index contributed by atoms with van der Waals surface area (Å²) in [6.07, 6.45) is -0.0577. The quantitative estimate of drug-likeness (QED) is 0.456. The van der Waals surface area contributed by atoms with Crippen molar-refractivity contribution in [3.8, 4) is 17.0 Å². The van der Waals surface area contributed by atoms with Gasteiger partial charge in [-0.05, 0) is 19.8 Å². The summed E-state index contributed by atoms with van der Waals surface area (Å²) in [5.74, 6) is -1.64. The molecule has 3 amide bonds. The summed E-state index contributed by atoms with van der Waals surface area (Å²) in [5, 5.41) is 11.9. The van der Waals surface area contributed by atoms with E-state index in [1.165, 1.54) is 15.9 Å². The van der Waals surface area contributed by atoms with Gasteiger partial charge in [-0.25, -0.2) is 9.78 Å². The third-order valence-electron chi connectivity index (χ3n) is 5.94. The monoisotopic (exact) mass is 526 g/mol. The lowest BCUT2D eigenvalue weighted by atomic mass is 10.1. The van der Waals surface area contributed by atoms with E-state index in [4.69, 9.17) is 9.47 Å². The number of nitrogens with zero attached hydrogens (tertiary/aromatic N) is 3.